The van der Waals surface area contributed by atoms with E-state index in [1.807, 2.05) is 6.92 Å². The van der Waals surface area contributed by atoms with Crippen LogP contribution in [0.1, 0.15) is 51.1 Å². The molecule has 34 heavy (non-hydrogen) atoms. The fraction of sp³-hybridized carbons (Fsp3) is 0.636. The molecular weight excluding hydrogens is 471 g/mol. The number of nitrogens with zero attached hydrogens (tertiary/aromatic N) is 1. The largest absolute Gasteiger partial charge is 0.490 e. The molecule has 192 valence electrons. The van der Waals surface area contributed by atoms with Gasteiger partial charge in [-0.25, -0.2) is 22.3 Å². The van der Waals surface area contributed by atoms with Gasteiger partial charge in [0.2, 0.25) is 10.0 Å². The van der Waals surface area contributed by atoms with Gasteiger partial charge in [-0.15, -0.1) is 0 Å². The van der Waals surface area contributed by atoms with Crippen molar-refractivity contribution >= 4 is 22.1 Å². The molecule has 1 aliphatic rings. The lowest BCUT2D eigenvalue weighted by Crippen LogP contribution is -2.38. The number of sulfonamides is 1. The fourth-order valence-corrected chi connectivity index (χ4v) is 4.42. The third-order valence-electron chi connectivity index (χ3n) is 5.06. The molecule has 0 bridgehead atoms. The standard InChI is InChI=1S/C22H33FN2O8S/c1-3-19(17-8-9-18(23)20(12-17)33-14-16-6-7-16)24-34(29,30)11-5-10-31-15-25(13-21(26)27)22(28)32-4-2/h8-9,12,16,19,24H,3-7,10-11,13-15H2,1-2H3,(H,26,27). The molecule has 0 heterocycles. The van der Waals surface area contributed by atoms with Crippen LogP contribution < -0.4 is 9.46 Å². The Bertz CT molecular complexity index is 923. The molecular formula is C22H33FN2O8S. The summed E-state index contributed by atoms with van der Waals surface area (Å²) in [5.41, 5.74) is 0.605. The highest BCUT2D eigenvalue weighted by Crippen LogP contribution is 2.31. The van der Waals surface area contributed by atoms with Crippen molar-refractivity contribution in [3.63, 3.8) is 0 Å². The predicted octanol–water partition coefficient (Wildman–Crippen LogP) is 2.89. The van der Waals surface area contributed by atoms with Gasteiger partial charge in [-0.2, -0.15) is 0 Å². The number of hydrogen-bond acceptors (Lipinski definition) is 7. The van der Waals surface area contributed by atoms with Crippen LogP contribution in [0.3, 0.4) is 0 Å². The highest BCUT2D eigenvalue weighted by atomic mass is 32.2. The van der Waals surface area contributed by atoms with Crippen molar-refractivity contribution in [3.8, 4) is 5.75 Å². The second kappa shape index (κ2) is 13.4. The molecule has 1 atom stereocenters. The number of hydrogen-bond donors (Lipinski definition) is 2. The van der Waals surface area contributed by atoms with Crippen molar-refractivity contribution < 1.29 is 41.7 Å². The van der Waals surface area contributed by atoms with Crippen LogP contribution in [0.15, 0.2) is 18.2 Å². The van der Waals surface area contributed by atoms with Crippen LogP contribution in [-0.4, -0.2) is 69.3 Å². The van der Waals surface area contributed by atoms with Crippen LogP contribution >= 0.6 is 0 Å². The van der Waals surface area contributed by atoms with Crippen molar-refractivity contribution in [2.45, 2.75) is 45.6 Å². The number of amides is 1. The first-order chi connectivity index (χ1) is 16.1. The second-order valence-corrected chi connectivity index (χ2v) is 9.90. The summed E-state index contributed by atoms with van der Waals surface area (Å²) < 4.78 is 57.4. The first-order valence-electron chi connectivity index (χ1n) is 11.3. The van der Waals surface area contributed by atoms with Crippen LogP contribution in [0.2, 0.25) is 0 Å². The minimum absolute atomic E-state index is 0.0110. The Hall–Kier alpha value is -2.44. The molecule has 0 aromatic heterocycles. The number of carboxylic acid groups (broad SMARTS) is 1. The maximum Gasteiger partial charge on any atom is 0.412 e. The van der Waals surface area contributed by atoms with Gasteiger partial charge in [0.05, 0.1) is 19.0 Å². The maximum atomic E-state index is 14.1. The zero-order chi connectivity index (χ0) is 25.1. The molecule has 0 saturated heterocycles. The lowest BCUT2D eigenvalue weighted by atomic mass is 10.1. The van der Waals surface area contributed by atoms with E-state index in [0.717, 1.165) is 17.7 Å². The first kappa shape index (κ1) is 27.8. The van der Waals surface area contributed by atoms with E-state index in [0.29, 0.717) is 24.5 Å². The molecule has 0 spiro atoms. The number of benzene rings is 1. The fourth-order valence-electron chi connectivity index (χ4n) is 3.07. The van der Waals surface area contributed by atoms with Gasteiger partial charge < -0.3 is 19.3 Å². The molecule has 1 fully saturated rings. The summed E-state index contributed by atoms with van der Waals surface area (Å²) in [7, 11) is -3.69. The second-order valence-electron chi connectivity index (χ2n) is 8.02. The molecule has 10 nitrogen and oxygen atoms in total. The summed E-state index contributed by atoms with van der Waals surface area (Å²) in [4.78, 5) is 23.5. The smallest absolute Gasteiger partial charge is 0.412 e. The van der Waals surface area contributed by atoms with Crippen LogP contribution in [0.4, 0.5) is 9.18 Å². The number of halogens is 1. The van der Waals surface area contributed by atoms with E-state index in [9.17, 15) is 22.4 Å². The molecule has 1 amide bonds. The van der Waals surface area contributed by atoms with E-state index in [-0.39, 0.29) is 37.9 Å². The van der Waals surface area contributed by atoms with Crippen LogP contribution in [-0.2, 0) is 24.3 Å². The third kappa shape index (κ3) is 9.82. The third-order valence-corrected chi connectivity index (χ3v) is 6.53. The van der Waals surface area contributed by atoms with Gasteiger partial charge in [0.1, 0.15) is 13.3 Å². The van der Waals surface area contributed by atoms with Gasteiger partial charge in [-0.1, -0.05) is 13.0 Å². The van der Waals surface area contributed by atoms with E-state index in [4.69, 9.17) is 19.3 Å². The van der Waals surface area contributed by atoms with Crippen LogP contribution in [0.5, 0.6) is 5.75 Å². The lowest BCUT2D eigenvalue weighted by molar-refractivity contribution is -0.139. The summed E-state index contributed by atoms with van der Waals surface area (Å²) in [6, 6.07) is 3.79. The Labute approximate surface area is 199 Å². The van der Waals surface area contributed by atoms with E-state index in [1.54, 1.807) is 6.92 Å². The van der Waals surface area contributed by atoms with Gasteiger partial charge in [0.15, 0.2) is 11.6 Å². The highest BCUT2D eigenvalue weighted by molar-refractivity contribution is 7.89. The number of ether oxygens (including phenoxy) is 3. The number of carbonyl (C=O) groups is 2. The van der Waals surface area contributed by atoms with E-state index in [1.165, 1.54) is 18.2 Å². The summed E-state index contributed by atoms with van der Waals surface area (Å²) in [5, 5.41) is 8.88. The summed E-state index contributed by atoms with van der Waals surface area (Å²) in [5.74, 6) is -1.38. The number of rotatable bonds is 16. The summed E-state index contributed by atoms with van der Waals surface area (Å²) in [6.07, 6.45) is 1.89. The van der Waals surface area contributed by atoms with Crippen molar-refractivity contribution in [3.05, 3.63) is 29.6 Å². The van der Waals surface area contributed by atoms with Gasteiger partial charge in [0.25, 0.3) is 0 Å². The zero-order valence-electron chi connectivity index (χ0n) is 19.5. The van der Waals surface area contributed by atoms with Crippen molar-refractivity contribution in [2.75, 3.05) is 38.8 Å². The first-order valence-corrected chi connectivity index (χ1v) is 12.9. The normalized spacial score (nSPS) is 14.4. The van der Waals surface area contributed by atoms with Crippen LogP contribution in [0, 0.1) is 11.7 Å². The minimum Gasteiger partial charge on any atom is -0.490 e. The highest BCUT2D eigenvalue weighted by Gasteiger charge is 2.24. The van der Waals surface area contributed by atoms with Crippen LogP contribution in [0.25, 0.3) is 0 Å². The molecule has 12 heteroatoms. The van der Waals surface area contributed by atoms with Crippen molar-refractivity contribution in [1.29, 1.82) is 0 Å². The Kier molecular flexibility index (Phi) is 11.0. The Morgan fingerprint density at radius 1 is 1.29 bits per heavy atom. The molecule has 0 aliphatic heterocycles. The zero-order valence-corrected chi connectivity index (χ0v) is 20.3. The monoisotopic (exact) mass is 504 g/mol. The minimum atomic E-state index is -3.69. The van der Waals surface area contributed by atoms with E-state index in [2.05, 4.69) is 4.72 Å². The number of aliphatic carboxylic acids is 1. The number of carboxylic acids is 1. The lowest BCUT2D eigenvalue weighted by Gasteiger charge is -2.20. The average Bonchev–Trinajstić information content (AvgIpc) is 3.60. The predicted molar refractivity (Wildman–Crippen MR) is 121 cm³/mol. The average molecular weight is 505 g/mol. The Morgan fingerprint density at radius 2 is 2.03 bits per heavy atom. The van der Waals surface area contributed by atoms with E-state index < -0.39 is 40.5 Å². The van der Waals surface area contributed by atoms with Gasteiger partial charge in [-0.05, 0) is 56.2 Å². The maximum absolute atomic E-state index is 14.1. The number of carbonyl (C=O) groups excluding carboxylic acids is 1. The molecule has 0 radical (unpaired) electrons. The molecule has 1 aliphatic carbocycles. The summed E-state index contributed by atoms with van der Waals surface area (Å²) in [6.45, 7) is 2.99. The van der Waals surface area contributed by atoms with Gasteiger partial charge in [0, 0.05) is 12.6 Å². The van der Waals surface area contributed by atoms with Crippen molar-refractivity contribution in [1.82, 2.24) is 9.62 Å². The molecule has 1 saturated carbocycles. The molecule has 1 unspecified atom stereocenters. The quantitative estimate of drug-likeness (QED) is 0.260. The topological polar surface area (TPSA) is 131 Å². The molecule has 1 aromatic rings. The Balaban J connectivity index is 1.84. The van der Waals surface area contributed by atoms with Gasteiger partial charge >= 0.3 is 12.1 Å². The number of nitrogens with one attached hydrogen (secondary N) is 1. The summed E-state index contributed by atoms with van der Waals surface area (Å²) >= 11 is 0. The van der Waals surface area contributed by atoms with Crippen molar-refractivity contribution in [2.24, 2.45) is 5.92 Å². The van der Waals surface area contributed by atoms with E-state index >= 15 is 0 Å². The SMILES string of the molecule is CCOC(=O)N(COCCCS(=O)(=O)NC(CC)c1ccc(F)c(OCC2CC2)c1)CC(=O)O. The Morgan fingerprint density at radius 3 is 2.65 bits per heavy atom. The molecule has 2 N–H and O–H groups in total. The molecule has 2 rings (SSSR count). The van der Waals surface area contributed by atoms with Gasteiger partial charge in [-0.3, -0.25) is 9.69 Å². The molecule has 1 aromatic carbocycles.